The summed E-state index contributed by atoms with van der Waals surface area (Å²) in [5, 5.41) is 3.05. The molecule has 0 saturated carbocycles. The van der Waals surface area contributed by atoms with Gasteiger partial charge in [-0.2, -0.15) is 0 Å². The number of hydrogen-bond donors (Lipinski definition) is 2. The zero-order valence-electron chi connectivity index (χ0n) is 17.5. The van der Waals surface area contributed by atoms with Gasteiger partial charge >= 0.3 is 5.69 Å². The largest absolute Gasteiger partial charge is 0.466 e. The van der Waals surface area contributed by atoms with Crippen molar-refractivity contribution in [2.24, 2.45) is 0 Å². The molecule has 0 saturated heterocycles. The third kappa shape index (κ3) is 3.74. The minimum Gasteiger partial charge on any atom is -0.466 e. The maximum atomic E-state index is 13.2. The maximum Gasteiger partial charge on any atom is 0.329 e. The van der Waals surface area contributed by atoms with E-state index in [4.69, 9.17) is 4.42 Å². The van der Waals surface area contributed by atoms with Gasteiger partial charge in [-0.25, -0.2) is 9.78 Å². The number of aryl methyl sites for hydroxylation is 3. The second-order valence-corrected chi connectivity index (χ2v) is 7.52. The molecule has 8 nitrogen and oxygen atoms in total. The van der Waals surface area contributed by atoms with E-state index in [9.17, 15) is 14.4 Å². The molecular weight excluding hydrogens is 372 g/mol. The zero-order chi connectivity index (χ0) is 21.5. The van der Waals surface area contributed by atoms with Gasteiger partial charge in [0.25, 0.3) is 11.5 Å². The van der Waals surface area contributed by atoms with Crippen LogP contribution in [0, 0.1) is 13.8 Å². The lowest BCUT2D eigenvalue weighted by Crippen LogP contribution is -2.34. The van der Waals surface area contributed by atoms with E-state index in [1.807, 2.05) is 40.7 Å². The Bertz CT molecular complexity index is 1200. The molecule has 2 N–H and O–H groups in total. The van der Waals surface area contributed by atoms with Crippen molar-refractivity contribution >= 4 is 16.9 Å². The van der Waals surface area contributed by atoms with Crippen LogP contribution in [0.4, 0.5) is 0 Å². The predicted octanol–water partition coefficient (Wildman–Crippen LogP) is 2.93. The number of aromatic nitrogens is 3. The number of nitrogens with zero attached hydrogens (tertiary/aromatic N) is 2. The Hall–Kier alpha value is -3.16. The van der Waals surface area contributed by atoms with E-state index in [0.717, 1.165) is 17.1 Å². The van der Waals surface area contributed by atoms with Gasteiger partial charge in [-0.15, -0.1) is 0 Å². The first-order valence-corrected chi connectivity index (χ1v) is 9.69. The molecule has 8 heteroatoms. The van der Waals surface area contributed by atoms with Crippen LogP contribution in [0.25, 0.3) is 11.0 Å². The Kier molecular flexibility index (Phi) is 5.46. The summed E-state index contributed by atoms with van der Waals surface area (Å²) in [6, 6.07) is 3.19. The van der Waals surface area contributed by atoms with Crippen LogP contribution in [0.3, 0.4) is 0 Å². The molecule has 0 aromatic carbocycles. The smallest absolute Gasteiger partial charge is 0.329 e. The lowest BCUT2D eigenvalue weighted by Gasteiger charge is -2.16. The summed E-state index contributed by atoms with van der Waals surface area (Å²) in [4.78, 5) is 44.8. The minimum absolute atomic E-state index is 0.0156. The van der Waals surface area contributed by atoms with Crippen LogP contribution in [0.5, 0.6) is 0 Å². The highest BCUT2D eigenvalue weighted by Gasteiger charge is 2.22. The number of fused-ring (bicyclic) bond motifs is 1. The molecule has 1 unspecified atom stereocenters. The fourth-order valence-electron chi connectivity index (χ4n) is 3.49. The van der Waals surface area contributed by atoms with Crippen LogP contribution in [0.2, 0.25) is 0 Å². The number of carbonyl (C=O) groups excluding carboxylic acids is 1. The maximum absolute atomic E-state index is 13.2. The van der Waals surface area contributed by atoms with Gasteiger partial charge in [0.2, 0.25) is 0 Å². The van der Waals surface area contributed by atoms with Crippen molar-refractivity contribution in [1.29, 1.82) is 0 Å². The molecule has 0 aliphatic heterocycles. The van der Waals surface area contributed by atoms with Crippen molar-refractivity contribution in [2.45, 2.75) is 60.0 Å². The van der Waals surface area contributed by atoms with Gasteiger partial charge < -0.3 is 9.73 Å². The molecule has 0 aliphatic rings. The molecule has 1 atom stereocenters. The molecule has 0 bridgehead atoms. The average molecular weight is 398 g/mol. The molecule has 0 spiro atoms. The van der Waals surface area contributed by atoms with Crippen molar-refractivity contribution in [1.82, 2.24) is 19.9 Å². The summed E-state index contributed by atoms with van der Waals surface area (Å²) in [5.41, 5.74) is 0.774. The van der Waals surface area contributed by atoms with E-state index >= 15 is 0 Å². The van der Waals surface area contributed by atoms with Gasteiger partial charge in [0.15, 0.2) is 5.65 Å². The van der Waals surface area contributed by atoms with E-state index in [1.54, 1.807) is 13.0 Å². The monoisotopic (exact) mass is 398 g/mol. The Morgan fingerprint density at radius 1 is 1.24 bits per heavy atom. The van der Waals surface area contributed by atoms with Crippen LogP contribution in [0.15, 0.2) is 26.1 Å². The van der Waals surface area contributed by atoms with Gasteiger partial charge in [-0.3, -0.25) is 19.1 Å². The first kappa shape index (κ1) is 20.6. The Balaban J connectivity index is 2.17. The van der Waals surface area contributed by atoms with Gasteiger partial charge in [0, 0.05) is 17.8 Å². The summed E-state index contributed by atoms with van der Waals surface area (Å²) in [7, 11) is 0. The minimum atomic E-state index is -0.620. The Morgan fingerprint density at radius 3 is 2.48 bits per heavy atom. The van der Waals surface area contributed by atoms with Crippen LogP contribution >= 0.6 is 0 Å². The number of nitrogens with one attached hydrogen (secondary N) is 2. The number of aromatic amines is 1. The third-order valence-corrected chi connectivity index (χ3v) is 5.01. The van der Waals surface area contributed by atoms with E-state index in [2.05, 4.69) is 15.3 Å². The number of hydrogen-bond acceptors (Lipinski definition) is 5. The number of H-pyrrole nitrogens is 1. The Labute approximate surface area is 168 Å². The number of amides is 1. The van der Waals surface area contributed by atoms with Gasteiger partial charge in [0.1, 0.15) is 11.5 Å². The summed E-state index contributed by atoms with van der Waals surface area (Å²) in [6.07, 6.45) is 0. The van der Waals surface area contributed by atoms with Crippen LogP contribution in [-0.4, -0.2) is 20.4 Å². The quantitative estimate of drug-likeness (QED) is 0.687. The molecule has 0 fully saturated rings. The number of rotatable bonds is 5. The summed E-state index contributed by atoms with van der Waals surface area (Å²) in [6.45, 7) is 11.5. The highest BCUT2D eigenvalue weighted by molar-refractivity contribution is 6.05. The SMILES string of the molecule is CCn1c(=O)[nH]c(=O)c2c(C(=O)NC(C)c3cc(C)oc3C)cc(C(C)C)nc21. The number of pyridine rings is 1. The number of carbonyl (C=O) groups is 1. The molecule has 154 valence electrons. The summed E-state index contributed by atoms with van der Waals surface area (Å²) in [5.74, 6) is 1.10. The summed E-state index contributed by atoms with van der Waals surface area (Å²) >= 11 is 0. The molecular formula is C21H26N4O4. The molecule has 3 rings (SSSR count). The van der Waals surface area contributed by atoms with E-state index in [0.29, 0.717) is 12.2 Å². The van der Waals surface area contributed by atoms with Crippen molar-refractivity contribution in [3.63, 3.8) is 0 Å². The fourth-order valence-corrected chi connectivity index (χ4v) is 3.49. The first-order valence-electron chi connectivity index (χ1n) is 9.69. The van der Waals surface area contributed by atoms with Gasteiger partial charge in [0.05, 0.1) is 17.0 Å². The van der Waals surface area contributed by atoms with Crippen molar-refractivity contribution in [3.8, 4) is 0 Å². The zero-order valence-corrected chi connectivity index (χ0v) is 17.5. The molecule has 0 radical (unpaired) electrons. The first-order chi connectivity index (χ1) is 13.6. The van der Waals surface area contributed by atoms with Crippen molar-refractivity contribution in [3.05, 3.63) is 61.3 Å². The lowest BCUT2D eigenvalue weighted by atomic mass is 10.0. The second-order valence-electron chi connectivity index (χ2n) is 7.52. The highest BCUT2D eigenvalue weighted by atomic mass is 16.3. The van der Waals surface area contributed by atoms with Crippen LogP contribution in [-0.2, 0) is 6.54 Å². The van der Waals surface area contributed by atoms with E-state index in [-0.39, 0.29) is 28.6 Å². The standard InChI is InChI=1S/C21H26N4O4/c1-7-25-18-17(20(27)24-21(25)28)15(9-16(23-18)10(2)3)19(26)22-12(5)14-8-11(4)29-13(14)6/h8-10,12H,7H2,1-6H3,(H,22,26)(H,24,27,28). The molecule has 3 heterocycles. The highest BCUT2D eigenvalue weighted by Crippen LogP contribution is 2.23. The molecule has 3 aromatic rings. The van der Waals surface area contributed by atoms with Crippen LogP contribution < -0.4 is 16.6 Å². The summed E-state index contributed by atoms with van der Waals surface area (Å²) < 4.78 is 6.92. The Morgan fingerprint density at radius 2 is 1.93 bits per heavy atom. The lowest BCUT2D eigenvalue weighted by molar-refractivity contribution is 0.0941. The third-order valence-electron chi connectivity index (χ3n) is 5.01. The molecule has 0 aliphatic carbocycles. The molecule has 1 amide bonds. The van der Waals surface area contributed by atoms with E-state index < -0.39 is 17.2 Å². The topological polar surface area (TPSA) is 110 Å². The van der Waals surface area contributed by atoms with Crippen LogP contribution in [0.1, 0.15) is 72.8 Å². The second kappa shape index (κ2) is 7.69. The normalized spacial score (nSPS) is 12.5. The predicted molar refractivity (Wildman–Crippen MR) is 110 cm³/mol. The fraction of sp³-hybridized carbons (Fsp3) is 0.429. The molecule has 3 aromatic heterocycles. The molecule has 29 heavy (non-hydrogen) atoms. The van der Waals surface area contributed by atoms with Crippen molar-refractivity contribution < 1.29 is 9.21 Å². The average Bonchev–Trinajstić information content (AvgIpc) is 2.99. The van der Waals surface area contributed by atoms with Gasteiger partial charge in [-0.1, -0.05) is 13.8 Å². The van der Waals surface area contributed by atoms with Gasteiger partial charge in [-0.05, 0) is 45.7 Å². The van der Waals surface area contributed by atoms with Crippen molar-refractivity contribution in [2.75, 3.05) is 0 Å². The van der Waals surface area contributed by atoms with E-state index in [1.165, 1.54) is 4.57 Å². The number of furan rings is 1.